The third kappa shape index (κ3) is 4.71. The van der Waals surface area contributed by atoms with Crippen molar-refractivity contribution in [2.24, 2.45) is 0 Å². The number of anilines is 1. The number of carbonyl (C=O) groups excluding carboxylic acids is 1. The molecule has 0 radical (unpaired) electrons. The van der Waals surface area contributed by atoms with Crippen molar-refractivity contribution in [3.63, 3.8) is 0 Å². The molecule has 0 unspecified atom stereocenters. The van der Waals surface area contributed by atoms with Crippen LogP contribution in [-0.4, -0.2) is 19.1 Å². The summed E-state index contributed by atoms with van der Waals surface area (Å²) in [5.74, 6) is 0.430. The monoisotopic (exact) mass is 332 g/mol. The number of hydrogen-bond acceptors (Lipinski definition) is 3. The quantitative estimate of drug-likeness (QED) is 0.839. The highest BCUT2D eigenvalue weighted by atomic mass is 35.5. The molecule has 0 aliphatic carbocycles. The highest BCUT2D eigenvalue weighted by Crippen LogP contribution is 2.27. The van der Waals surface area contributed by atoms with Gasteiger partial charge in [-0.25, -0.2) is 0 Å². The van der Waals surface area contributed by atoms with Crippen molar-refractivity contribution in [1.29, 1.82) is 0 Å². The smallest absolute Gasteiger partial charge is 0.241 e. The predicted molar refractivity (Wildman–Crippen MR) is 94.1 cm³/mol. The number of nitrogens with one attached hydrogen (secondary N) is 2. The van der Waals surface area contributed by atoms with Gasteiger partial charge in [0.15, 0.2) is 0 Å². The van der Waals surface area contributed by atoms with Gasteiger partial charge in [0.25, 0.3) is 0 Å². The maximum absolute atomic E-state index is 12.4. The Kier molecular flexibility index (Phi) is 6.02. The number of hydrogen-bond donors (Lipinski definition) is 2. The minimum atomic E-state index is -0.367. The molecule has 0 fully saturated rings. The highest BCUT2D eigenvalue weighted by molar-refractivity contribution is 6.31. The first-order chi connectivity index (χ1) is 11.0. The summed E-state index contributed by atoms with van der Waals surface area (Å²) in [5.41, 5.74) is 1.69. The molecule has 23 heavy (non-hydrogen) atoms. The van der Waals surface area contributed by atoms with Crippen LogP contribution in [0, 0.1) is 0 Å². The average molecular weight is 333 g/mol. The minimum Gasteiger partial charge on any atom is -0.495 e. The maximum Gasteiger partial charge on any atom is 0.241 e. The third-order valence-corrected chi connectivity index (χ3v) is 3.85. The van der Waals surface area contributed by atoms with E-state index >= 15 is 0 Å². The first-order valence-corrected chi connectivity index (χ1v) is 7.84. The second kappa shape index (κ2) is 7.99. The first-order valence-electron chi connectivity index (χ1n) is 7.46. The molecule has 4 nitrogen and oxygen atoms in total. The molecule has 0 aliphatic rings. The van der Waals surface area contributed by atoms with E-state index in [2.05, 4.69) is 10.6 Å². The van der Waals surface area contributed by atoms with Gasteiger partial charge >= 0.3 is 0 Å². The second-order valence-electron chi connectivity index (χ2n) is 5.35. The van der Waals surface area contributed by atoms with Crippen molar-refractivity contribution in [1.82, 2.24) is 5.32 Å². The van der Waals surface area contributed by atoms with E-state index in [0.29, 0.717) is 16.5 Å². The zero-order valence-corrected chi connectivity index (χ0v) is 14.2. The van der Waals surface area contributed by atoms with Gasteiger partial charge < -0.3 is 10.1 Å². The molecule has 0 aromatic heterocycles. The molecule has 0 saturated carbocycles. The van der Waals surface area contributed by atoms with Crippen LogP contribution >= 0.6 is 11.6 Å². The fourth-order valence-corrected chi connectivity index (χ4v) is 2.48. The van der Waals surface area contributed by atoms with Gasteiger partial charge in [0.1, 0.15) is 5.75 Å². The fourth-order valence-electron chi connectivity index (χ4n) is 2.31. The van der Waals surface area contributed by atoms with E-state index in [4.69, 9.17) is 16.3 Å². The molecule has 1 amide bonds. The molecule has 0 heterocycles. The normalized spacial score (nSPS) is 13.2. The molecule has 2 N–H and O–H groups in total. The van der Waals surface area contributed by atoms with Crippen LogP contribution in [0.5, 0.6) is 5.75 Å². The summed E-state index contributed by atoms with van der Waals surface area (Å²) < 4.78 is 5.24. The van der Waals surface area contributed by atoms with Gasteiger partial charge in [-0.3, -0.25) is 10.1 Å². The Morgan fingerprint density at radius 1 is 1.13 bits per heavy atom. The van der Waals surface area contributed by atoms with Crippen LogP contribution in [0.4, 0.5) is 5.69 Å². The molecule has 122 valence electrons. The third-order valence-electron chi connectivity index (χ3n) is 3.61. The van der Waals surface area contributed by atoms with Gasteiger partial charge in [-0.05, 0) is 37.6 Å². The first kappa shape index (κ1) is 17.3. The van der Waals surface area contributed by atoms with Crippen molar-refractivity contribution in [2.45, 2.75) is 25.9 Å². The van der Waals surface area contributed by atoms with Crippen LogP contribution < -0.4 is 15.4 Å². The van der Waals surface area contributed by atoms with Gasteiger partial charge in [-0.2, -0.15) is 0 Å². The van der Waals surface area contributed by atoms with Gasteiger partial charge in [-0.1, -0.05) is 41.9 Å². The Labute approximate surface area is 141 Å². The Morgan fingerprint density at radius 2 is 1.83 bits per heavy atom. The van der Waals surface area contributed by atoms with Crippen molar-refractivity contribution in [2.75, 3.05) is 12.4 Å². The van der Waals surface area contributed by atoms with Crippen molar-refractivity contribution in [3.05, 3.63) is 59.1 Å². The summed E-state index contributed by atoms with van der Waals surface area (Å²) in [7, 11) is 1.55. The Balaban J connectivity index is 2.02. The number of amides is 1. The van der Waals surface area contributed by atoms with E-state index in [1.165, 1.54) is 0 Å². The molecule has 0 bridgehead atoms. The molecule has 5 heteroatoms. The number of ether oxygens (including phenoxy) is 1. The SMILES string of the molecule is COc1ccc(Cl)cc1NC(=O)[C@H](C)N[C@H](C)c1ccccc1. The average Bonchev–Trinajstić information content (AvgIpc) is 2.55. The molecule has 0 aliphatic heterocycles. The molecular formula is C18H21ClN2O2. The molecule has 2 aromatic rings. The molecule has 0 spiro atoms. The summed E-state index contributed by atoms with van der Waals surface area (Å²) in [5, 5.41) is 6.67. The van der Waals surface area contributed by atoms with Crippen LogP contribution in [0.25, 0.3) is 0 Å². The van der Waals surface area contributed by atoms with Crippen LogP contribution in [0.3, 0.4) is 0 Å². The van der Waals surface area contributed by atoms with Crippen LogP contribution in [0.2, 0.25) is 5.02 Å². The lowest BCUT2D eigenvalue weighted by Gasteiger charge is -2.20. The topological polar surface area (TPSA) is 50.4 Å². The zero-order valence-electron chi connectivity index (χ0n) is 13.5. The summed E-state index contributed by atoms with van der Waals surface area (Å²) in [4.78, 5) is 12.4. The van der Waals surface area contributed by atoms with Crippen molar-refractivity contribution < 1.29 is 9.53 Å². The molecule has 2 atom stereocenters. The Bertz CT molecular complexity index is 661. The molecular weight excluding hydrogens is 312 g/mol. The van der Waals surface area contributed by atoms with E-state index in [-0.39, 0.29) is 18.0 Å². The van der Waals surface area contributed by atoms with Gasteiger partial charge in [0.2, 0.25) is 5.91 Å². The van der Waals surface area contributed by atoms with Gasteiger partial charge in [-0.15, -0.1) is 0 Å². The Morgan fingerprint density at radius 3 is 2.48 bits per heavy atom. The summed E-state index contributed by atoms with van der Waals surface area (Å²) >= 11 is 5.98. The van der Waals surface area contributed by atoms with Crippen molar-refractivity contribution in [3.8, 4) is 5.75 Å². The lowest BCUT2D eigenvalue weighted by atomic mass is 10.1. The fraction of sp³-hybridized carbons (Fsp3) is 0.278. The number of benzene rings is 2. The van der Waals surface area contributed by atoms with Crippen molar-refractivity contribution >= 4 is 23.2 Å². The minimum absolute atomic E-state index is 0.0678. The van der Waals surface area contributed by atoms with E-state index in [1.54, 1.807) is 25.3 Å². The zero-order chi connectivity index (χ0) is 16.8. The highest BCUT2D eigenvalue weighted by Gasteiger charge is 2.17. The largest absolute Gasteiger partial charge is 0.495 e. The van der Waals surface area contributed by atoms with E-state index in [1.807, 2.05) is 44.2 Å². The molecule has 2 rings (SSSR count). The molecule has 2 aromatic carbocycles. The molecule has 0 saturated heterocycles. The number of rotatable bonds is 6. The number of carbonyl (C=O) groups is 1. The van der Waals surface area contributed by atoms with E-state index in [9.17, 15) is 4.79 Å². The van der Waals surface area contributed by atoms with E-state index in [0.717, 1.165) is 5.56 Å². The van der Waals surface area contributed by atoms with Gasteiger partial charge in [0, 0.05) is 11.1 Å². The number of halogens is 1. The lowest BCUT2D eigenvalue weighted by Crippen LogP contribution is -2.39. The summed E-state index contributed by atoms with van der Waals surface area (Å²) in [6.45, 7) is 3.85. The van der Waals surface area contributed by atoms with Crippen LogP contribution in [0.15, 0.2) is 48.5 Å². The maximum atomic E-state index is 12.4. The lowest BCUT2D eigenvalue weighted by molar-refractivity contribution is -0.117. The van der Waals surface area contributed by atoms with Gasteiger partial charge in [0.05, 0.1) is 18.8 Å². The summed E-state index contributed by atoms with van der Waals surface area (Å²) in [6.07, 6.45) is 0. The van der Waals surface area contributed by atoms with Crippen LogP contribution in [-0.2, 0) is 4.79 Å². The predicted octanol–water partition coefficient (Wildman–Crippen LogP) is 4.03. The standard InChI is InChI=1S/C18H21ClN2O2/c1-12(14-7-5-4-6-8-14)20-13(2)18(22)21-16-11-15(19)9-10-17(16)23-3/h4-13,20H,1-3H3,(H,21,22)/t12-,13+/m1/s1. The van der Waals surface area contributed by atoms with E-state index < -0.39 is 0 Å². The summed E-state index contributed by atoms with van der Waals surface area (Å²) in [6, 6.07) is 14.8. The van der Waals surface area contributed by atoms with Crippen LogP contribution in [0.1, 0.15) is 25.5 Å². The second-order valence-corrected chi connectivity index (χ2v) is 5.79. The number of methoxy groups -OCH3 is 1. The Hall–Kier alpha value is -2.04.